The van der Waals surface area contributed by atoms with Crippen LogP contribution in [0.3, 0.4) is 0 Å². The van der Waals surface area contributed by atoms with Crippen LogP contribution in [0.4, 0.5) is 4.39 Å². The third-order valence-electron chi connectivity index (χ3n) is 5.77. The van der Waals surface area contributed by atoms with E-state index in [0.29, 0.717) is 12.2 Å². The number of amides is 1. The second kappa shape index (κ2) is 6.38. The van der Waals surface area contributed by atoms with Crippen LogP contribution in [-0.2, 0) is 11.2 Å². The van der Waals surface area contributed by atoms with Crippen LogP contribution >= 0.6 is 0 Å². The van der Waals surface area contributed by atoms with Gasteiger partial charge in [-0.1, -0.05) is 12.1 Å². The molecule has 1 aromatic carbocycles. The molecule has 0 aliphatic carbocycles. The van der Waals surface area contributed by atoms with Crippen LogP contribution in [0.25, 0.3) is 16.9 Å². The molecule has 0 unspecified atom stereocenters. The fourth-order valence-electron chi connectivity index (χ4n) is 4.61. The van der Waals surface area contributed by atoms with Gasteiger partial charge in [0, 0.05) is 35.9 Å². The van der Waals surface area contributed by atoms with E-state index in [2.05, 4.69) is 4.98 Å². The molecule has 1 saturated heterocycles. The Kier molecular flexibility index (Phi) is 3.94. The number of carbonyl (C=O) groups excluding carboxylic acids is 1. The van der Waals surface area contributed by atoms with Gasteiger partial charge in [0.25, 0.3) is 0 Å². The summed E-state index contributed by atoms with van der Waals surface area (Å²) in [5.74, 6) is -0.109. The summed E-state index contributed by atoms with van der Waals surface area (Å²) in [7, 11) is 3.83. The third-order valence-corrected chi connectivity index (χ3v) is 5.77. The van der Waals surface area contributed by atoms with Crippen molar-refractivity contribution in [1.82, 2.24) is 24.4 Å². The minimum absolute atomic E-state index is 0.0694. The third kappa shape index (κ3) is 2.69. The minimum Gasteiger partial charge on any atom is -0.331 e. The second-order valence-corrected chi connectivity index (χ2v) is 7.96. The summed E-state index contributed by atoms with van der Waals surface area (Å²) in [6.45, 7) is 0.420. The van der Waals surface area contributed by atoms with Gasteiger partial charge in [-0.05, 0) is 39.1 Å². The molecular formula is C21H22FN5O. The Balaban J connectivity index is 1.56. The first kappa shape index (κ1) is 17.3. The fourth-order valence-corrected chi connectivity index (χ4v) is 4.61. The van der Waals surface area contributed by atoms with E-state index in [1.165, 1.54) is 12.1 Å². The van der Waals surface area contributed by atoms with Crippen molar-refractivity contribution in [1.29, 1.82) is 0 Å². The number of rotatable bonds is 3. The van der Waals surface area contributed by atoms with E-state index in [1.807, 2.05) is 46.7 Å². The van der Waals surface area contributed by atoms with Gasteiger partial charge in [-0.2, -0.15) is 5.10 Å². The van der Waals surface area contributed by atoms with Gasteiger partial charge in [-0.3, -0.25) is 4.79 Å². The number of aromatic nitrogens is 3. The van der Waals surface area contributed by atoms with Crippen molar-refractivity contribution < 1.29 is 9.18 Å². The van der Waals surface area contributed by atoms with E-state index in [0.717, 1.165) is 41.7 Å². The van der Waals surface area contributed by atoms with Crippen molar-refractivity contribution in [3.8, 4) is 11.3 Å². The van der Waals surface area contributed by atoms with E-state index in [9.17, 15) is 9.18 Å². The standard InChI is InChI=1S/C21H22FN5O/c1-25(2)12-21(28)26-15-6-7-18(26)16-11-23-20-10-17(24-27(20)19(16)9-15)13-4-3-5-14(22)8-13/h3-5,8,10-11,15,18H,6-7,9,12H2,1-2H3/t15-,18-/m1/s1. The molecule has 0 spiro atoms. The quantitative estimate of drug-likeness (QED) is 0.702. The first-order chi connectivity index (χ1) is 13.5. The van der Waals surface area contributed by atoms with Crippen molar-refractivity contribution in [2.75, 3.05) is 20.6 Å². The predicted molar refractivity (Wildman–Crippen MR) is 103 cm³/mol. The van der Waals surface area contributed by atoms with Crippen molar-refractivity contribution >= 4 is 11.6 Å². The van der Waals surface area contributed by atoms with Crippen molar-refractivity contribution in [3.63, 3.8) is 0 Å². The zero-order valence-corrected chi connectivity index (χ0v) is 16.0. The average Bonchev–Trinajstić information content (AvgIpc) is 3.22. The smallest absolute Gasteiger partial charge is 0.237 e. The summed E-state index contributed by atoms with van der Waals surface area (Å²) in [5, 5.41) is 4.73. The number of fused-ring (bicyclic) bond motifs is 6. The number of hydrogen-bond acceptors (Lipinski definition) is 4. The Morgan fingerprint density at radius 2 is 2.14 bits per heavy atom. The molecule has 28 heavy (non-hydrogen) atoms. The first-order valence-corrected chi connectivity index (χ1v) is 9.60. The Hall–Kier alpha value is -2.80. The highest BCUT2D eigenvalue weighted by atomic mass is 19.1. The van der Waals surface area contributed by atoms with Gasteiger partial charge < -0.3 is 9.80 Å². The lowest BCUT2D eigenvalue weighted by molar-refractivity contribution is -0.135. The Labute approximate surface area is 162 Å². The highest BCUT2D eigenvalue weighted by molar-refractivity contribution is 5.80. The molecule has 0 radical (unpaired) electrons. The molecule has 4 heterocycles. The molecule has 144 valence electrons. The summed E-state index contributed by atoms with van der Waals surface area (Å²) in [6, 6.07) is 8.61. The maximum atomic E-state index is 13.6. The van der Waals surface area contributed by atoms with Crippen LogP contribution in [-0.4, -0.2) is 57.0 Å². The average molecular weight is 379 g/mol. The number of carbonyl (C=O) groups is 1. The lowest BCUT2D eigenvalue weighted by Crippen LogP contribution is -2.46. The Morgan fingerprint density at radius 1 is 1.29 bits per heavy atom. The van der Waals surface area contributed by atoms with Crippen LogP contribution in [0.2, 0.25) is 0 Å². The molecule has 5 rings (SSSR count). The van der Waals surface area contributed by atoms with Crippen LogP contribution < -0.4 is 0 Å². The highest BCUT2D eigenvalue weighted by Crippen LogP contribution is 2.43. The molecule has 2 atom stereocenters. The maximum Gasteiger partial charge on any atom is 0.237 e. The summed E-state index contributed by atoms with van der Waals surface area (Å²) >= 11 is 0. The number of hydrogen-bond donors (Lipinski definition) is 0. The number of benzene rings is 1. The van der Waals surface area contributed by atoms with E-state index in [4.69, 9.17) is 5.10 Å². The van der Waals surface area contributed by atoms with E-state index < -0.39 is 0 Å². The van der Waals surface area contributed by atoms with E-state index in [1.54, 1.807) is 6.07 Å². The SMILES string of the molecule is CN(C)CC(=O)N1[C@@H]2CC[C@@H]1c1cnc3cc(-c4cccc(F)c4)nn3c1C2. The molecule has 1 amide bonds. The fraction of sp³-hybridized carbons (Fsp3) is 0.381. The number of likely N-dealkylation sites (N-methyl/N-ethyl adjacent to an activating group) is 1. The van der Waals surface area contributed by atoms with Gasteiger partial charge in [0.1, 0.15) is 5.82 Å². The van der Waals surface area contributed by atoms with Gasteiger partial charge in [-0.25, -0.2) is 13.9 Å². The van der Waals surface area contributed by atoms with Gasteiger partial charge in [0.05, 0.1) is 24.0 Å². The van der Waals surface area contributed by atoms with E-state index >= 15 is 0 Å². The summed E-state index contributed by atoms with van der Waals surface area (Å²) in [5.41, 5.74) is 4.40. The van der Waals surface area contributed by atoms with Crippen LogP contribution in [0.15, 0.2) is 36.5 Å². The number of nitrogens with zero attached hydrogens (tertiary/aromatic N) is 5. The van der Waals surface area contributed by atoms with Gasteiger partial charge >= 0.3 is 0 Å². The summed E-state index contributed by atoms with van der Waals surface area (Å²) in [6.07, 6.45) is 4.62. The zero-order chi connectivity index (χ0) is 19.4. The largest absolute Gasteiger partial charge is 0.331 e. The molecule has 0 saturated carbocycles. The summed E-state index contributed by atoms with van der Waals surface area (Å²) < 4.78 is 15.5. The van der Waals surface area contributed by atoms with Crippen LogP contribution in [0.1, 0.15) is 30.1 Å². The molecule has 2 aromatic heterocycles. The molecule has 2 bridgehead atoms. The molecule has 6 nitrogen and oxygen atoms in total. The molecule has 0 N–H and O–H groups in total. The normalized spacial score (nSPS) is 20.8. The van der Waals surface area contributed by atoms with Gasteiger partial charge in [0.2, 0.25) is 5.91 Å². The molecule has 3 aromatic rings. The maximum absolute atomic E-state index is 13.6. The van der Waals surface area contributed by atoms with Crippen LogP contribution in [0, 0.1) is 5.82 Å². The predicted octanol–water partition coefficient (Wildman–Crippen LogP) is 2.69. The second-order valence-electron chi connectivity index (χ2n) is 7.96. The molecular weight excluding hydrogens is 357 g/mol. The Morgan fingerprint density at radius 3 is 2.93 bits per heavy atom. The van der Waals surface area contributed by atoms with Crippen LogP contribution in [0.5, 0.6) is 0 Å². The van der Waals surface area contributed by atoms with Gasteiger partial charge in [-0.15, -0.1) is 0 Å². The molecule has 2 aliphatic heterocycles. The topological polar surface area (TPSA) is 53.7 Å². The lowest BCUT2D eigenvalue weighted by Gasteiger charge is -2.36. The van der Waals surface area contributed by atoms with Crippen molar-refractivity contribution in [2.45, 2.75) is 31.3 Å². The monoisotopic (exact) mass is 379 g/mol. The first-order valence-electron chi connectivity index (χ1n) is 9.60. The van der Waals surface area contributed by atoms with Crippen molar-refractivity contribution in [3.05, 3.63) is 53.6 Å². The Bertz CT molecular complexity index is 1080. The van der Waals surface area contributed by atoms with Gasteiger partial charge in [0.15, 0.2) is 5.65 Å². The number of halogens is 1. The van der Waals surface area contributed by atoms with Crippen molar-refractivity contribution in [2.24, 2.45) is 0 Å². The zero-order valence-electron chi connectivity index (χ0n) is 16.0. The highest BCUT2D eigenvalue weighted by Gasteiger charge is 2.43. The molecule has 1 fully saturated rings. The summed E-state index contributed by atoms with van der Waals surface area (Å²) in [4.78, 5) is 21.3. The lowest BCUT2D eigenvalue weighted by atomic mass is 9.99. The molecule has 2 aliphatic rings. The minimum atomic E-state index is -0.280. The molecule has 7 heteroatoms. The van der Waals surface area contributed by atoms with E-state index in [-0.39, 0.29) is 23.8 Å².